The van der Waals surface area contributed by atoms with Crippen molar-refractivity contribution in [2.75, 3.05) is 6.54 Å². The minimum atomic E-state index is 0.716. The Morgan fingerprint density at radius 1 is 1.28 bits per heavy atom. The Bertz CT molecular complexity index is 393. The lowest BCUT2D eigenvalue weighted by atomic mass is 10.0. The van der Waals surface area contributed by atoms with Crippen LogP contribution in [0.3, 0.4) is 0 Å². The highest BCUT2D eigenvalue weighted by Crippen LogP contribution is 2.15. The third-order valence-corrected chi connectivity index (χ3v) is 3.57. The van der Waals surface area contributed by atoms with Crippen molar-refractivity contribution in [2.24, 2.45) is 5.92 Å². The summed E-state index contributed by atoms with van der Waals surface area (Å²) in [6.07, 6.45) is 3.89. The Balaban J connectivity index is 2.47. The molecule has 0 spiro atoms. The normalized spacial score (nSPS) is 12.2. The van der Waals surface area contributed by atoms with E-state index in [0.717, 1.165) is 12.2 Å². The molecule has 0 amide bonds. The van der Waals surface area contributed by atoms with Crippen molar-refractivity contribution in [3.05, 3.63) is 41.5 Å². The van der Waals surface area contributed by atoms with E-state index in [1.807, 2.05) is 0 Å². The van der Waals surface area contributed by atoms with Gasteiger partial charge < -0.3 is 5.32 Å². The van der Waals surface area contributed by atoms with Gasteiger partial charge in [0.2, 0.25) is 0 Å². The van der Waals surface area contributed by atoms with Crippen LogP contribution >= 0.6 is 0 Å². The van der Waals surface area contributed by atoms with E-state index in [0.29, 0.717) is 5.92 Å². The second kappa shape index (κ2) is 7.25. The molecule has 0 aliphatic heterocycles. The van der Waals surface area contributed by atoms with Crippen LogP contribution in [0.2, 0.25) is 0 Å². The molecule has 0 fully saturated rings. The molecular formula is C17H27N. The summed E-state index contributed by atoms with van der Waals surface area (Å²) in [6.45, 7) is 14.0. The summed E-state index contributed by atoms with van der Waals surface area (Å²) in [6, 6.07) is 6.52. The Hall–Kier alpha value is -1.24. The monoisotopic (exact) mass is 245 g/mol. The van der Waals surface area contributed by atoms with E-state index in [1.54, 1.807) is 0 Å². The number of benzene rings is 1. The van der Waals surface area contributed by atoms with E-state index >= 15 is 0 Å². The van der Waals surface area contributed by atoms with E-state index in [1.165, 1.54) is 36.0 Å². The van der Waals surface area contributed by atoms with Crippen molar-refractivity contribution < 1.29 is 0 Å². The molecule has 1 aromatic carbocycles. The smallest absolute Gasteiger partial charge is 0.0340 e. The fourth-order valence-corrected chi connectivity index (χ4v) is 1.98. The molecule has 0 saturated carbocycles. The average Bonchev–Trinajstić information content (AvgIpc) is 2.36. The van der Waals surface area contributed by atoms with Crippen LogP contribution in [-0.2, 0) is 0 Å². The molecule has 1 atom stereocenters. The third kappa shape index (κ3) is 4.56. The standard InChI is InChI=1S/C17H27N/c1-6-7-8-13(2)12-18-16(5)17-10-9-14(3)15(4)11-17/h9-11,13,18H,5-8,12H2,1-4H3. The van der Waals surface area contributed by atoms with Gasteiger partial charge in [-0.25, -0.2) is 0 Å². The zero-order valence-corrected chi connectivity index (χ0v) is 12.3. The first-order valence-electron chi connectivity index (χ1n) is 7.05. The molecule has 100 valence electrons. The summed E-state index contributed by atoms with van der Waals surface area (Å²) in [5.41, 5.74) is 4.92. The summed E-state index contributed by atoms with van der Waals surface area (Å²) < 4.78 is 0. The Labute approximate surface area is 112 Å². The van der Waals surface area contributed by atoms with Crippen LogP contribution < -0.4 is 5.32 Å². The molecule has 18 heavy (non-hydrogen) atoms. The molecule has 1 heteroatoms. The third-order valence-electron chi connectivity index (χ3n) is 3.57. The van der Waals surface area contributed by atoms with E-state index < -0.39 is 0 Å². The van der Waals surface area contributed by atoms with Gasteiger partial charge in [-0.3, -0.25) is 0 Å². The van der Waals surface area contributed by atoms with Gasteiger partial charge in [0, 0.05) is 12.2 Å². The van der Waals surface area contributed by atoms with Crippen LogP contribution in [0.1, 0.15) is 49.8 Å². The first-order valence-corrected chi connectivity index (χ1v) is 7.05. The lowest BCUT2D eigenvalue weighted by Crippen LogP contribution is -2.19. The van der Waals surface area contributed by atoms with E-state index in [2.05, 4.69) is 57.8 Å². The highest BCUT2D eigenvalue weighted by atomic mass is 14.9. The second-order valence-electron chi connectivity index (χ2n) is 5.41. The zero-order chi connectivity index (χ0) is 13.5. The van der Waals surface area contributed by atoms with Crippen LogP contribution in [0.5, 0.6) is 0 Å². The average molecular weight is 245 g/mol. The number of unbranched alkanes of at least 4 members (excludes halogenated alkanes) is 1. The van der Waals surface area contributed by atoms with Crippen LogP contribution in [-0.4, -0.2) is 6.54 Å². The van der Waals surface area contributed by atoms with Crippen molar-refractivity contribution in [1.29, 1.82) is 0 Å². The van der Waals surface area contributed by atoms with Crippen LogP contribution in [0.15, 0.2) is 24.8 Å². The zero-order valence-electron chi connectivity index (χ0n) is 12.3. The maximum atomic E-state index is 4.14. The van der Waals surface area contributed by atoms with Crippen molar-refractivity contribution in [3.63, 3.8) is 0 Å². The van der Waals surface area contributed by atoms with Gasteiger partial charge in [-0.1, -0.05) is 45.4 Å². The van der Waals surface area contributed by atoms with Gasteiger partial charge in [0.1, 0.15) is 0 Å². The minimum absolute atomic E-state index is 0.716. The van der Waals surface area contributed by atoms with Gasteiger partial charge in [0.15, 0.2) is 0 Å². The van der Waals surface area contributed by atoms with Crippen LogP contribution in [0, 0.1) is 19.8 Å². The number of rotatable bonds is 7. The van der Waals surface area contributed by atoms with Crippen molar-refractivity contribution in [3.8, 4) is 0 Å². The van der Waals surface area contributed by atoms with Crippen LogP contribution in [0.25, 0.3) is 5.70 Å². The van der Waals surface area contributed by atoms with Gasteiger partial charge >= 0.3 is 0 Å². The molecule has 0 aromatic heterocycles. The molecule has 1 unspecified atom stereocenters. The molecule has 0 saturated heterocycles. The summed E-state index contributed by atoms with van der Waals surface area (Å²) in [5.74, 6) is 0.716. The van der Waals surface area contributed by atoms with Crippen molar-refractivity contribution in [2.45, 2.75) is 47.0 Å². The molecule has 0 aliphatic rings. The van der Waals surface area contributed by atoms with Crippen molar-refractivity contribution >= 4 is 5.70 Å². The van der Waals surface area contributed by atoms with Gasteiger partial charge in [0.05, 0.1) is 0 Å². The molecule has 0 aliphatic carbocycles. The lowest BCUT2D eigenvalue weighted by Gasteiger charge is -2.15. The fraction of sp³-hybridized carbons (Fsp3) is 0.529. The molecule has 1 aromatic rings. The summed E-state index contributed by atoms with van der Waals surface area (Å²) >= 11 is 0. The number of hydrogen-bond acceptors (Lipinski definition) is 1. The SMILES string of the molecule is C=C(NCC(C)CCCC)c1ccc(C)c(C)c1. The predicted octanol–water partition coefficient (Wildman–Crippen LogP) is 4.69. The molecule has 0 radical (unpaired) electrons. The Kier molecular flexibility index (Phi) is 5.97. The predicted molar refractivity (Wildman–Crippen MR) is 81.6 cm³/mol. The fourth-order valence-electron chi connectivity index (χ4n) is 1.98. The van der Waals surface area contributed by atoms with Gasteiger partial charge in [0.25, 0.3) is 0 Å². The van der Waals surface area contributed by atoms with Gasteiger partial charge in [-0.05, 0) is 48.9 Å². The number of aryl methyl sites for hydroxylation is 2. The van der Waals surface area contributed by atoms with Gasteiger partial charge in [-0.2, -0.15) is 0 Å². The van der Waals surface area contributed by atoms with E-state index in [9.17, 15) is 0 Å². The highest BCUT2D eigenvalue weighted by Gasteiger charge is 2.04. The second-order valence-corrected chi connectivity index (χ2v) is 5.41. The topological polar surface area (TPSA) is 12.0 Å². The maximum absolute atomic E-state index is 4.14. The van der Waals surface area contributed by atoms with Crippen LogP contribution in [0.4, 0.5) is 0 Å². The summed E-state index contributed by atoms with van der Waals surface area (Å²) in [4.78, 5) is 0. The first-order chi connectivity index (χ1) is 8.54. The van der Waals surface area contributed by atoms with E-state index in [-0.39, 0.29) is 0 Å². The summed E-state index contributed by atoms with van der Waals surface area (Å²) in [5, 5.41) is 3.46. The molecule has 0 heterocycles. The lowest BCUT2D eigenvalue weighted by molar-refractivity contribution is 0.494. The Morgan fingerprint density at radius 3 is 2.61 bits per heavy atom. The largest absolute Gasteiger partial charge is 0.385 e. The Morgan fingerprint density at radius 2 is 2.00 bits per heavy atom. The quantitative estimate of drug-likeness (QED) is 0.735. The minimum Gasteiger partial charge on any atom is -0.385 e. The molecule has 0 bridgehead atoms. The van der Waals surface area contributed by atoms with Gasteiger partial charge in [-0.15, -0.1) is 0 Å². The maximum Gasteiger partial charge on any atom is 0.0340 e. The molecule has 1 rings (SSSR count). The molecular weight excluding hydrogens is 218 g/mol. The highest BCUT2D eigenvalue weighted by molar-refractivity contribution is 5.62. The van der Waals surface area contributed by atoms with E-state index in [4.69, 9.17) is 0 Å². The molecule has 1 nitrogen and oxygen atoms in total. The van der Waals surface area contributed by atoms with Crippen molar-refractivity contribution in [1.82, 2.24) is 5.32 Å². The number of hydrogen-bond donors (Lipinski definition) is 1. The number of nitrogens with one attached hydrogen (secondary N) is 1. The summed E-state index contributed by atoms with van der Waals surface area (Å²) in [7, 11) is 0. The first kappa shape index (κ1) is 14.8. The molecule has 1 N–H and O–H groups in total.